The minimum Gasteiger partial charge on any atom is -0.383 e. The SMILES string of the molecule is OC1(c2cc(F)c(Br)cc2F)CCOC1. The Balaban J connectivity index is 2.48. The van der Waals surface area contributed by atoms with Crippen molar-refractivity contribution < 1.29 is 18.6 Å². The molecule has 1 aliphatic rings. The first-order valence-electron chi connectivity index (χ1n) is 4.48. The zero-order valence-corrected chi connectivity index (χ0v) is 9.35. The molecule has 1 aromatic rings. The molecule has 15 heavy (non-hydrogen) atoms. The van der Waals surface area contributed by atoms with Crippen molar-refractivity contribution in [3.05, 3.63) is 33.8 Å². The van der Waals surface area contributed by atoms with Gasteiger partial charge in [0.15, 0.2) is 0 Å². The summed E-state index contributed by atoms with van der Waals surface area (Å²) in [7, 11) is 0. The molecule has 1 atom stereocenters. The third-order valence-electron chi connectivity index (χ3n) is 2.51. The highest BCUT2D eigenvalue weighted by atomic mass is 79.9. The van der Waals surface area contributed by atoms with Crippen molar-refractivity contribution in [3.8, 4) is 0 Å². The van der Waals surface area contributed by atoms with Crippen LogP contribution in [0.4, 0.5) is 8.78 Å². The molecule has 1 unspecified atom stereocenters. The van der Waals surface area contributed by atoms with Crippen LogP contribution in [0.5, 0.6) is 0 Å². The van der Waals surface area contributed by atoms with Crippen LogP contribution >= 0.6 is 15.9 Å². The van der Waals surface area contributed by atoms with Gasteiger partial charge in [0.25, 0.3) is 0 Å². The van der Waals surface area contributed by atoms with Gasteiger partial charge < -0.3 is 9.84 Å². The second kappa shape index (κ2) is 3.81. The van der Waals surface area contributed by atoms with Crippen LogP contribution in [0.1, 0.15) is 12.0 Å². The van der Waals surface area contributed by atoms with Crippen LogP contribution < -0.4 is 0 Å². The number of hydrogen-bond donors (Lipinski definition) is 1. The van der Waals surface area contributed by atoms with Gasteiger partial charge in [-0.15, -0.1) is 0 Å². The highest BCUT2D eigenvalue weighted by Gasteiger charge is 2.37. The molecule has 0 radical (unpaired) electrons. The van der Waals surface area contributed by atoms with Gasteiger partial charge in [-0.05, 0) is 28.1 Å². The normalized spacial score (nSPS) is 25.9. The third-order valence-corrected chi connectivity index (χ3v) is 3.12. The van der Waals surface area contributed by atoms with E-state index >= 15 is 0 Å². The molecule has 1 fully saturated rings. The smallest absolute Gasteiger partial charge is 0.137 e. The van der Waals surface area contributed by atoms with Gasteiger partial charge in [-0.3, -0.25) is 0 Å². The van der Waals surface area contributed by atoms with E-state index in [2.05, 4.69) is 15.9 Å². The van der Waals surface area contributed by atoms with Crippen molar-refractivity contribution in [1.82, 2.24) is 0 Å². The standard InChI is InChI=1S/C10H9BrF2O2/c11-7-4-8(12)6(3-9(7)13)10(14)1-2-15-5-10/h3-4,14H,1-2,5H2. The molecule has 1 heterocycles. The third kappa shape index (κ3) is 1.91. The second-order valence-electron chi connectivity index (χ2n) is 3.58. The molecule has 0 saturated carbocycles. The van der Waals surface area contributed by atoms with E-state index in [0.717, 1.165) is 12.1 Å². The number of hydrogen-bond acceptors (Lipinski definition) is 2. The summed E-state index contributed by atoms with van der Waals surface area (Å²) in [5.41, 5.74) is -1.44. The maximum absolute atomic E-state index is 13.5. The predicted octanol–water partition coefficient (Wildman–Crippen LogP) is 2.34. The van der Waals surface area contributed by atoms with Crippen molar-refractivity contribution >= 4 is 15.9 Å². The van der Waals surface area contributed by atoms with Crippen LogP contribution in [-0.2, 0) is 10.3 Å². The molecule has 5 heteroatoms. The molecule has 0 spiro atoms. The lowest BCUT2D eigenvalue weighted by Crippen LogP contribution is -2.27. The van der Waals surface area contributed by atoms with Gasteiger partial charge in [-0.2, -0.15) is 0 Å². The highest BCUT2D eigenvalue weighted by molar-refractivity contribution is 9.10. The van der Waals surface area contributed by atoms with Gasteiger partial charge in [0.2, 0.25) is 0 Å². The number of aliphatic hydroxyl groups is 1. The van der Waals surface area contributed by atoms with Crippen LogP contribution in [0.25, 0.3) is 0 Å². The lowest BCUT2D eigenvalue weighted by atomic mass is 9.93. The van der Waals surface area contributed by atoms with Crippen molar-refractivity contribution in [2.75, 3.05) is 13.2 Å². The zero-order chi connectivity index (χ0) is 11.1. The van der Waals surface area contributed by atoms with Crippen LogP contribution in [0.15, 0.2) is 16.6 Å². The molecule has 0 amide bonds. The summed E-state index contributed by atoms with van der Waals surface area (Å²) in [6, 6.07) is 2.02. The van der Waals surface area contributed by atoms with Gasteiger partial charge in [0.05, 0.1) is 11.1 Å². The minimum absolute atomic E-state index is 0.00495. The van der Waals surface area contributed by atoms with Gasteiger partial charge >= 0.3 is 0 Å². The topological polar surface area (TPSA) is 29.5 Å². The van der Waals surface area contributed by atoms with E-state index in [1.807, 2.05) is 0 Å². The van der Waals surface area contributed by atoms with E-state index in [0.29, 0.717) is 6.61 Å². The van der Waals surface area contributed by atoms with Gasteiger partial charge in [-0.1, -0.05) is 0 Å². The lowest BCUT2D eigenvalue weighted by Gasteiger charge is -2.21. The Bertz CT molecular complexity index is 389. The number of benzene rings is 1. The maximum Gasteiger partial charge on any atom is 0.137 e. The maximum atomic E-state index is 13.5. The van der Waals surface area contributed by atoms with E-state index in [1.54, 1.807) is 0 Å². The Morgan fingerprint density at radius 1 is 1.33 bits per heavy atom. The summed E-state index contributed by atoms with van der Waals surface area (Å²) in [4.78, 5) is 0. The number of rotatable bonds is 1. The van der Waals surface area contributed by atoms with E-state index in [9.17, 15) is 13.9 Å². The average Bonchev–Trinajstić information content (AvgIpc) is 2.60. The summed E-state index contributed by atoms with van der Waals surface area (Å²) in [5.74, 6) is -1.22. The number of halogens is 3. The average molecular weight is 279 g/mol. The summed E-state index contributed by atoms with van der Waals surface area (Å²) in [6.07, 6.45) is 0.283. The molecule has 0 bridgehead atoms. The molecule has 1 aliphatic heterocycles. The summed E-state index contributed by atoms with van der Waals surface area (Å²) in [6.45, 7) is 0.360. The predicted molar refractivity (Wildman–Crippen MR) is 53.4 cm³/mol. The molecule has 1 saturated heterocycles. The Labute approximate surface area is 94.0 Å². The van der Waals surface area contributed by atoms with Crippen molar-refractivity contribution in [3.63, 3.8) is 0 Å². The van der Waals surface area contributed by atoms with Gasteiger partial charge in [-0.25, -0.2) is 8.78 Å². The van der Waals surface area contributed by atoms with Gasteiger partial charge in [0.1, 0.15) is 17.2 Å². The highest BCUT2D eigenvalue weighted by Crippen LogP contribution is 2.34. The molecule has 2 nitrogen and oxygen atoms in total. The Morgan fingerprint density at radius 3 is 2.67 bits per heavy atom. The monoisotopic (exact) mass is 278 g/mol. The van der Waals surface area contributed by atoms with Crippen molar-refractivity contribution in [1.29, 1.82) is 0 Å². The summed E-state index contributed by atoms with van der Waals surface area (Å²) < 4.78 is 31.8. The molecule has 0 aliphatic carbocycles. The van der Waals surface area contributed by atoms with E-state index < -0.39 is 17.2 Å². The van der Waals surface area contributed by atoms with Crippen molar-refractivity contribution in [2.45, 2.75) is 12.0 Å². The Hall–Kier alpha value is -0.520. The van der Waals surface area contributed by atoms with Crippen LogP contribution in [0, 0.1) is 11.6 Å². The number of ether oxygens (including phenoxy) is 1. The quantitative estimate of drug-likeness (QED) is 0.799. The van der Waals surface area contributed by atoms with Crippen LogP contribution in [-0.4, -0.2) is 18.3 Å². The van der Waals surface area contributed by atoms with E-state index in [-0.39, 0.29) is 23.1 Å². The lowest BCUT2D eigenvalue weighted by molar-refractivity contribution is 0.0199. The first kappa shape index (κ1) is 11.0. The molecule has 1 aromatic carbocycles. The summed E-state index contributed by atoms with van der Waals surface area (Å²) >= 11 is 2.88. The molecular formula is C10H9BrF2O2. The van der Waals surface area contributed by atoms with Crippen LogP contribution in [0.2, 0.25) is 0 Å². The molecular weight excluding hydrogens is 270 g/mol. The first-order chi connectivity index (χ1) is 7.03. The molecule has 82 valence electrons. The summed E-state index contributed by atoms with van der Waals surface area (Å²) in [5, 5.41) is 10.0. The fourth-order valence-electron chi connectivity index (χ4n) is 1.65. The zero-order valence-electron chi connectivity index (χ0n) is 7.77. The van der Waals surface area contributed by atoms with E-state index in [1.165, 1.54) is 0 Å². The fourth-order valence-corrected chi connectivity index (χ4v) is 1.96. The fraction of sp³-hybridized carbons (Fsp3) is 0.400. The Morgan fingerprint density at radius 2 is 2.07 bits per heavy atom. The van der Waals surface area contributed by atoms with Crippen LogP contribution in [0.3, 0.4) is 0 Å². The van der Waals surface area contributed by atoms with E-state index in [4.69, 9.17) is 4.74 Å². The molecule has 2 rings (SSSR count). The first-order valence-corrected chi connectivity index (χ1v) is 5.27. The Kier molecular flexibility index (Phi) is 2.79. The largest absolute Gasteiger partial charge is 0.383 e. The molecule has 0 aromatic heterocycles. The second-order valence-corrected chi connectivity index (χ2v) is 4.43. The van der Waals surface area contributed by atoms with Gasteiger partial charge in [0, 0.05) is 18.6 Å². The van der Waals surface area contributed by atoms with Crippen molar-refractivity contribution in [2.24, 2.45) is 0 Å². The minimum atomic E-state index is -1.40. The molecule has 1 N–H and O–H groups in total.